The Hall–Kier alpha value is -2.78. The Morgan fingerprint density at radius 1 is 1.11 bits per heavy atom. The first-order chi connectivity index (χ1) is 13.0. The number of anilines is 3. The van der Waals surface area contributed by atoms with Gasteiger partial charge in [0.05, 0.1) is 12.3 Å². The molecule has 138 valence electrons. The molecule has 2 heterocycles. The molecule has 0 unspecified atom stereocenters. The molecule has 1 aliphatic rings. The number of rotatable bonds is 6. The SMILES string of the molecule is CCS(=O)(=O)Nc1cccc(-c2nnc(Nc3ccc4c(c3)C=NC4)s2)c1. The molecule has 0 fully saturated rings. The lowest BCUT2D eigenvalue weighted by Crippen LogP contribution is -2.14. The molecular formula is C18H17N5O2S2. The van der Waals surface area contributed by atoms with Crippen LogP contribution in [0.15, 0.2) is 47.5 Å². The van der Waals surface area contributed by atoms with Crippen LogP contribution in [0.1, 0.15) is 18.1 Å². The zero-order valence-electron chi connectivity index (χ0n) is 14.5. The van der Waals surface area contributed by atoms with Gasteiger partial charge in [-0.3, -0.25) is 9.71 Å². The van der Waals surface area contributed by atoms with Crippen LogP contribution in [0.25, 0.3) is 10.6 Å². The van der Waals surface area contributed by atoms with Crippen molar-refractivity contribution in [2.75, 3.05) is 15.8 Å². The highest BCUT2D eigenvalue weighted by atomic mass is 32.2. The van der Waals surface area contributed by atoms with Crippen molar-refractivity contribution in [2.45, 2.75) is 13.5 Å². The summed E-state index contributed by atoms with van der Waals surface area (Å²) in [6.45, 7) is 2.33. The fourth-order valence-corrected chi connectivity index (χ4v) is 4.05. The Balaban J connectivity index is 1.53. The number of aromatic nitrogens is 2. The molecule has 1 aliphatic heterocycles. The molecule has 3 aromatic rings. The number of hydrogen-bond donors (Lipinski definition) is 2. The lowest BCUT2D eigenvalue weighted by molar-refractivity contribution is 0.602. The Morgan fingerprint density at radius 2 is 2.00 bits per heavy atom. The normalized spacial score (nSPS) is 12.8. The molecule has 0 saturated heterocycles. The Kier molecular flexibility index (Phi) is 4.63. The van der Waals surface area contributed by atoms with Crippen LogP contribution in [-0.4, -0.2) is 30.6 Å². The number of nitrogens with one attached hydrogen (secondary N) is 2. The minimum atomic E-state index is -3.32. The topological polar surface area (TPSA) is 96.3 Å². The van der Waals surface area contributed by atoms with Crippen LogP contribution in [0.3, 0.4) is 0 Å². The number of benzene rings is 2. The smallest absolute Gasteiger partial charge is 0.232 e. The first-order valence-corrected chi connectivity index (χ1v) is 10.8. The minimum absolute atomic E-state index is 0.0234. The third-order valence-electron chi connectivity index (χ3n) is 4.08. The summed E-state index contributed by atoms with van der Waals surface area (Å²) in [5, 5.41) is 13.0. The maximum atomic E-state index is 11.7. The molecule has 0 amide bonds. The van der Waals surface area contributed by atoms with E-state index < -0.39 is 10.0 Å². The predicted octanol–water partition coefficient (Wildman–Crippen LogP) is 3.64. The molecule has 0 aliphatic carbocycles. The summed E-state index contributed by atoms with van der Waals surface area (Å²) in [5.41, 5.74) is 4.56. The first-order valence-electron chi connectivity index (χ1n) is 8.36. The second kappa shape index (κ2) is 7.09. The van der Waals surface area contributed by atoms with E-state index in [-0.39, 0.29) is 5.75 Å². The third-order valence-corrected chi connectivity index (χ3v) is 6.27. The van der Waals surface area contributed by atoms with Crippen molar-refractivity contribution >= 4 is 44.1 Å². The average molecular weight is 400 g/mol. The number of hydrogen-bond acceptors (Lipinski definition) is 7. The second-order valence-electron chi connectivity index (χ2n) is 6.01. The Bertz CT molecular complexity index is 1120. The summed E-state index contributed by atoms with van der Waals surface area (Å²) in [7, 11) is -3.32. The monoisotopic (exact) mass is 399 g/mol. The van der Waals surface area contributed by atoms with Gasteiger partial charge in [-0.2, -0.15) is 0 Å². The van der Waals surface area contributed by atoms with E-state index in [0.29, 0.717) is 15.8 Å². The van der Waals surface area contributed by atoms with E-state index in [9.17, 15) is 8.42 Å². The summed E-state index contributed by atoms with van der Waals surface area (Å²) < 4.78 is 26.0. The van der Waals surface area contributed by atoms with Gasteiger partial charge in [0.1, 0.15) is 5.01 Å². The number of nitrogens with zero attached hydrogens (tertiary/aromatic N) is 3. The minimum Gasteiger partial charge on any atom is -0.330 e. The van der Waals surface area contributed by atoms with Gasteiger partial charge in [0, 0.05) is 23.2 Å². The summed E-state index contributed by atoms with van der Waals surface area (Å²) in [6, 6.07) is 13.2. The van der Waals surface area contributed by atoms with E-state index in [4.69, 9.17) is 0 Å². The van der Waals surface area contributed by atoms with Gasteiger partial charge >= 0.3 is 0 Å². The van der Waals surface area contributed by atoms with Crippen LogP contribution in [-0.2, 0) is 16.6 Å². The molecule has 7 nitrogen and oxygen atoms in total. The van der Waals surface area contributed by atoms with E-state index in [1.54, 1.807) is 25.1 Å². The molecule has 0 radical (unpaired) electrons. The largest absolute Gasteiger partial charge is 0.330 e. The quantitative estimate of drug-likeness (QED) is 0.660. The van der Waals surface area contributed by atoms with Crippen molar-refractivity contribution in [2.24, 2.45) is 4.99 Å². The van der Waals surface area contributed by atoms with Crippen molar-refractivity contribution in [3.05, 3.63) is 53.6 Å². The fraction of sp³-hybridized carbons (Fsp3) is 0.167. The van der Waals surface area contributed by atoms with E-state index >= 15 is 0 Å². The summed E-state index contributed by atoms with van der Waals surface area (Å²) in [6.07, 6.45) is 1.87. The van der Waals surface area contributed by atoms with E-state index in [0.717, 1.165) is 23.4 Å². The van der Waals surface area contributed by atoms with E-state index in [1.807, 2.05) is 24.4 Å². The standard InChI is InChI=1S/C18H17N5O2S2/c1-2-27(24,25)23-16-5-3-4-12(8-16)17-21-22-18(26-17)20-15-7-6-13-10-19-11-14(13)9-15/h3-9,11,23H,2,10H2,1H3,(H,20,22). The van der Waals surface area contributed by atoms with Gasteiger partial charge < -0.3 is 5.32 Å². The molecular weight excluding hydrogens is 382 g/mol. The molecule has 0 spiro atoms. The van der Waals surface area contributed by atoms with Crippen LogP contribution >= 0.6 is 11.3 Å². The van der Waals surface area contributed by atoms with Gasteiger partial charge in [0.25, 0.3) is 0 Å². The van der Waals surface area contributed by atoms with Crippen LogP contribution < -0.4 is 10.0 Å². The number of sulfonamides is 1. The van der Waals surface area contributed by atoms with Gasteiger partial charge in [0.2, 0.25) is 15.2 Å². The molecule has 2 aromatic carbocycles. The van der Waals surface area contributed by atoms with Crippen LogP contribution in [0, 0.1) is 0 Å². The third kappa shape index (κ3) is 3.99. The Labute approximate surface area is 161 Å². The van der Waals surface area contributed by atoms with E-state index in [1.165, 1.54) is 16.9 Å². The van der Waals surface area contributed by atoms with Gasteiger partial charge in [-0.25, -0.2) is 8.42 Å². The summed E-state index contributed by atoms with van der Waals surface area (Å²) in [4.78, 5) is 4.26. The van der Waals surface area contributed by atoms with E-state index in [2.05, 4.69) is 31.3 Å². The van der Waals surface area contributed by atoms with Crippen molar-refractivity contribution in [1.82, 2.24) is 10.2 Å². The molecule has 1 aromatic heterocycles. The van der Waals surface area contributed by atoms with Crippen molar-refractivity contribution in [3.8, 4) is 10.6 Å². The molecule has 0 bridgehead atoms. The lowest BCUT2D eigenvalue weighted by atomic mass is 10.1. The zero-order valence-corrected chi connectivity index (χ0v) is 16.1. The van der Waals surface area contributed by atoms with Crippen molar-refractivity contribution in [3.63, 3.8) is 0 Å². The number of aliphatic imine (C=N–C) groups is 1. The second-order valence-corrected chi connectivity index (χ2v) is 9.00. The molecule has 0 atom stereocenters. The Morgan fingerprint density at radius 3 is 2.85 bits per heavy atom. The maximum absolute atomic E-state index is 11.7. The lowest BCUT2D eigenvalue weighted by Gasteiger charge is -2.06. The highest BCUT2D eigenvalue weighted by Crippen LogP contribution is 2.30. The fourth-order valence-electron chi connectivity index (χ4n) is 2.66. The van der Waals surface area contributed by atoms with Gasteiger partial charge in [-0.1, -0.05) is 29.5 Å². The number of fused-ring (bicyclic) bond motifs is 1. The van der Waals surface area contributed by atoms with Gasteiger partial charge in [-0.15, -0.1) is 10.2 Å². The average Bonchev–Trinajstić information content (AvgIpc) is 3.30. The molecule has 27 heavy (non-hydrogen) atoms. The predicted molar refractivity (Wildman–Crippen MR) is 109 cm³/mol. The first kappa shape index (κ1) is 17.6. The molecule has 0 saturated carbocycles. The maximum Gasteiger partial charge on any atom is 0.232 e. The van der Waals surface area contributed by atoms with Gasteiger partial charge in [0.15, 0.2) is 0 Å². The highest BCUT2D eigenvalue weighted by Gasteiger charge is 2.12. The summed E-state index contributed by atoms with van der Waals surface area (Å²) >= 11 is 1.40. The summed E-state index contributed by atoms with van der Waals surface area (Å²) in [5.74, 6) is 0.0234. The van der Waals surface area contributed by atoms with Gasteiger partial charge in [-0.05, 0) is 42.3 Å². The molecule has 9 heteroatoms. The molecule has 2 N–H and O–H groups in total. The zero-order chi connectivity index (χ0) is 18.9. The van der Waals surface area contributed by atoms with Crippen LogP contribution in [0.5, 0.6) is 0 Å². The van der Waals surface area contributed by atoms with Crippen LogP contribution in [0.4, 0.5) is 16.5 Å². The van der Waals surface area contributed by atoms with Crippen molar-refractivity contribution < 1.29 is 8.42 Å². The molecule has 4 rings (SSSR count). The highest BCUT2D eigenvalue weighted by molar-refractivity contribution is 7.92. The van der Waals surface area contributed by atoms with Crippen molar-refractivity contribution in [1.29, 1.82) is 0 Å². The van der Waals surface area contributed by atoms with Crippen LogP contribution in [0.2, 0.25) is 0 Å².